The first-order chi connectivity index (χ1) is 11.6. The molecule has 0 spiro atoms. The molecule has 0 saturated heterocycles. The molecule has 1 aromatic heterocycles. The smallest absolute Gasteiger partial charge is 0.191 e. The summed E-state index contributed by atoms with van der Waals surface area (Å²) in [7, 11) is 0. The van der Waals surface area contributed by atoms with E-state index in [1.165, 1.54) is 15.8 Å². The fourth-order valence-corrected chi connectivity index (χ4v) is 3.01. The molecule has 6 heteroatoms. The topological polar surface area (TPSA) is 45.7 Å². The minimum atomic E-state index is -0.350. The van der Waals surface area contributed by atoms with Gasteiger partial charge in [-0.3, -0.25) is 0 Å². The second-order valence-electron chi connectivity index (χ2n) is 5.26. The van der Waals surface area contributed by atoms with E-state index in [0.717, 1.165) is 24.6 Å². The minimum absolute atomic E-state index is 0.281. The van der Waals surface area contributed by atoms with Crippen LogP contribution in [0.15, 0.2) is 35.3 Å². The van der Waals surface area contributed by atoms with E-state index >= 15 is 0 Å². The van der Waals surface area contributed by atoms with E-state index in [1.54, 1.807) is 17.4 Å². The Morgan fingerprint density at radius 2 is 2.04 bits per heavy atom. The maximum Gasteiger partial charge on any atom is 0.191 e. The van der Waals surface area contributed by atoms with Crippen molar-refractivity contribution in [1.82, 2.24) is 10.6 Å². The third-order valence-corrected chi connectivity index (χ3v) is 4.29. The van der Waals surface area contributed by atoms with Crippen LogP contribution in [0.5, 0.6) is 5.75 Å². The Morgan fingerprint density at radius 3 is 2.67 bits per heavy atom. The van der Waals surface area contributed by atoms with Crippen LogP contribution in [0.4, 0.5) is 4.39 Å². The summed E-state index contributed by atoms with van der Waals surface area (Å²) in [5, 5.41) is 6.50. The number of thiophene rings is 1. The van der Waals surface area contributed by atoms with E-state index < -0.39 is 0 Å². The molecule has 24 heavy (non-hydrogen) atoms. The summed E-state index contributed by atoms with van der Waals surface area (Å²) in [6, 6.07) is 9.18. The standard InChI is InChI=1S/C18H24FN3OS/c1-4-20-18(22-12-15-8-6-13(3)24-15)21-11-14-7-9-17(23-5-2)16(19)10-14/h6-10H,4-5,11-12H2,1-3H3,(H2,20,21,22). The zero-order valence-electron chi connectivity index (χ0n) is 14.4. The fourth-order valence-electron chi connectivity index (χ4n) is 2.18. The SMILES string of the molecule is CCNC(=NCc1ccc(OCC)c(F)c1)NCc1ccc(C)s1. The molecule has 0 aliphatic rings. The van der Waals surface area contributed by atoms with E-state index in [9.17, 15) is 4.39 Å². The van der Waals surface area contributed by atoms with Gasteiger partial charge in [0.25, 0.3) is 0 Å². The number of benzene rings is 1. The molecule has 2 N–H and O–H groups in total. The van der Waals surface area contributed by atoms with Gasteiger partial charge in [0.2, 0.25) is 0 Å². The van der Waals surface area contributed by atoms with E-state index in [2.05, 4.69) is 34.7 Å². The van der Waals surface area contributed by atoms with Gasteiger partial charge in [-0.1, -0.05) is 6.07 Å². The van der Waals surface area contributed by atoms with E-state index in [-0.39, 0.29) is 11.6 Å². The summed E-state index contributed by atoms with van der Waals surface area (Å²) in [5.74, 6) is 0.651. The number of hydrogen-bond donors (Lipinski definition) is 2. The highest BCUT2D eigenvalue weighted by Crippen LogP contribution is 2.19. The van der Waals surface area contributed by atoms with Gasteiger partial charge in [-0.25, -0.2) is 9.38 Å². The van der Waals surface area contributed by atoms with Gasteiger partial charge in [-0.15, -0.1) is 11.3 Å². The third-order valence-electron chi connectivity index (χ3n) is 3.29. The number of halogens is 1. The lowest BCUT2D eigenvalue weighted by atomic mass is 10.2. The van der Waals surface area contributed by atoms with Crippen molar-refractivity contribution in [2.45, 2.75) is 33.9 Å². The molecule has 0 atom stereocenters. The molecule has 0 saturated carbocycles. The predicted molar refractivity (Wildman–Crippen MR) is 98.3 cm³/mol. The molecule has 4 nitrogen and oxygen atoms in total. The van der Waals surface area contributed by atoms with Gasteiger partial charge in [0.05, 0.1) is 19.7 Å². The quantitative estimate of drug-likeness (QED) is 0.589. The van der Waals surface area contributed by atoms with E-state index in [0.29, 0.717) is 13.2 Å². The number of guanidine groups is 1. The molecule has 0 fully saturated rings. The lowest BCUT2D eigenvalue weighted by Gasteiger charge is -2.11. The molecule has 0 aliphatic heterocycles. The molecule has 1 aromatic carbocycles. The maximum atomic E-state index is 13.9. The number of hydrogen-bond acceptors (Lipinski definition) is 3. The summed E-state index contributed by atoms with van der Waals surface area (Å²) in [5.41, 5.74) is 0.806. The molecule has 0 aliphatic carbocycles. The molecule has 2 rings (SSSR count). The summed E-state index contributed by atoms with van der Waals surface area (Å²) in [4.78, 5) is 7.06. The number of nitrogens with zero attached hydrogens (tertiary/aromatic N) is 1. The van der Waals surface area contributed by atoms with Crippen LogP contribution in [0.1, 0.15) is 29.2 Å². The first-order valence-corrected chi connectivity index (χ1v) is 8.92. The highest BCUT2D eigenvalue weighted by atomic mass is 32.1. The molecular weight excluding hydrogens is 325 g/mol. The largest absolute Gasteiger partial charge is 0.491 e. The average Bonchev–Trinajstić information content (AvgIpc) is 2.98. The van der Waals surface area contributed by atoms with Gasteiger partial charge in [0, 0.05) is 16.3 Å². The lowest BCUT2D eigenvalue weighted by molar-refractivity contribution is 0.321. The Morgan fingerprint density at radius 1 is 1.21 bits per heavy atom. The number of rotatable bonds is 7. The molecule has 2 aromatic rings. The zero-order valence-corrected chi connectivity index (χ0v) is 15.2. The Bertz CT molecular complexity index is 685. The van der Waals surface area contributed by atoms with Crippen molar-refractivity contribution in [3.63, 3.8) is 0 Å². The van der Waals surface area contributed by atoms with Crippen LogP contribution in [0, 0.1) is 12.7 Å². The summed E-state index contributed by atoms with van der Waals surface area (Å²) in [6.45, 7) is 8.29. The summed E-state index contributed by atoms with van der Waals surface area (Å²) < 4.78 is 19.1. The first kappa shape index (κ1) is 18.3. The van der Waals surface area contributed by atoms with Crippen molar-refractivity contribution in [1.29, 1.82) is 0 Å². The Kier molecular flexibility index (Phi) is 7.06. The highest BCUT2D eigenvalue weighted by molar-refractivity contribution is 7.11. The second kappa shape index (κ2) is 9.27. The fraction of sp³-hybridized carbons (Fsp3) is 0.389. The highest BCUT2D eigenvalue weighted by Gasteiger charge is 2.05. The Balaban J connectivity index is 1.98. The van der Waals surface area contributed by atoms with Crippen molar-refractivity contribution < 1.29 is 9.13 Å². The van der Waals surface area contributed by atoms with Gasteiger partial charge in [-0.2, -0.15) is 0 Å². The first-order valence-electron chi connectivity index (χ1n) is 8.11. The normalized spacial score (nSPS) is 11.4. The van der Waals surface area contributed by atoms with Crippen LogP contribution in [0.3, 0.4) is 0 Å². The van der Waals surface area contributed by atoms with Crippen molar-refractivity contribution >= 4 is 17.3 Å². The molecule has 0 amide bonds. The van der Waals surface area contributed by atoms with Crippen LogP contribution in [-0.4, -0.2) is 19.1 Å². The molecule has 0 radical (unpaired) electrons. The van der Waals surface area contributed by atoms with Gasteiger partial charge >= 0.3 is 0 Å². The molecule has 0 unspecified atom stereocenters. The predicted octanol–water partition coefficient (Wildman–Crippen LogP) is 3.85. The zero-order chi connectivity index (χ0) is 17.4. The van der Waals surface area contributed by atoms with Gasteiger partial charge in [0.15, 0.2) is 17.5 Å². The van der Waals surface area contributed by atoms with Gasteiger partial charge < -0.3 is 15.4 Å². The van der Waals surface area contributed by atoms with Gasteiger partial charge in [-0.05, 0) is 50.6 Å². The number of aryl methyl sites for hydroxylation is 1. The van der Waals surface area contributed by atoms with Crippen LogP contribution in [0.2, 0.25) is 0 Å². The van der Waals surface area contributed by atoms with Crippen LogP contribution in [0.25, 0.3) is 0 Å². The van der Waals surface area contributed by atoms with Crippen molar-refractivity contribution in [3.8, 4) is 5.75 Å². The molecular formula is C18H24FN3OS. The van der Waals surface area contributed by atoms with E-state index in [4.69, 9.17) is 4.74 Å². The van der Waals surface area contributed by atoms with Crippen LogP contribution < -0.4 is 15.4 Å². The Labute approximate surface area is 146 Å². The summed E-state index contributed by atoms with van der Waals surface area (Å²) >= 11 is 1.76. The minimum Gasteiger partial charge on any atom is -0.491 e. The van der Waals surface area contributed by atoms with Crippen molar-refractivity contribution in [2.24, 2.45) is 4.99 Å². The van der Waals surface area contributed by atoms with Crippen molar-refractivity contribution in [3.05, 3.63) is 51.5 Å². The van der Waals surface area contributed by atoms with Crippen LogP contribution >= 0.6 is 11.3 Å². The van der Waals surface area contributed by atoms with E-state index in [1.807, 2.05) is 19.9 Å². The summed E-state index contributed by atoms with van der Waals surface area (Å²) in [6.07, 6.45) is 0. The lowest BCUT2D eigenvalue weighted by Crippen LogP contribution is -2.36. The van der Waals surface area contributed by atoms with Crippen LogP contribution in [-0.2, 0) is 13.1 Å². The second-order valence-corrected chi connectivity index (χ2v) is 6.63. The third kappa shape index (κ3) is 5.53. The maximum absolute atomic E-state index is 13.9. The Hall–Kier alpha value is -2.08. The molecule has 130 valence electrons. The number of nitrogens with one attached hydrogen (secondary N) is 2. The van der Waals surface area contributed by atoms with Crippen molar-refractivity contribution in [2.75, 3.05) is 13.2 Å². The number of aliphatic imine (C=N–C) groups is 1. The number of ether oxygens (including phenoxy) is 1. The molecule has 1 heterocycles. The van der Waals surface area contributed by atoms with Gasteiger partial charge in [0.1, 0.15) is 0 Å². The monoisotopic (exact) mass is 349 g/mol. The average molecular weight is 349 g/mol. The molecule has 0 bridgehead atoms.